The van der Waals surface area contributed by atoms with Crippen molar-refractivity contribution in [1.29, 1.82) is 0 Å². The van der Waals surface area contributed by atoms with Crippen molar-refractivity contribution in [3.63, 3.8) is 0 Å². The van der Waals surface area contributed by atoms with Gasteiger partial charge in [0.25, 0.3) is 0 Å². The monoisotopic (exact) mass is 426 g/mol. The number of aryl methyl sites for hydroxylation is 2. The predicted molar refractivity (Wildman–Crippen MR) is 114 cm³/mol. The Balaban J connectivity index is 1.61. The molecule has 1 atom stereocenters. The van der Waals surface area contributed by atoms with Crippen LogP contribution in [0.3, 0.4) is 0 Å². The molecule has 0 bridgehead atoms. The highest BCUT2D eigenvalue weighted by atomic mass is 19.1. The number of imidazole rings is 1. The van der Waals surface area contributed by atoms with E-state index in [0.717, 1.165) is 47.1 Å². The number of carbonyl (C=O) groups is 1. The number of anilines is 2. The normalized spacial score (nSPS) is 18.8. The number of halogens is 2. The molecule has 1 fully saturated rings. The lowest BCUT2D eigenvalue weighted by Gasteiger charge is -2.30. The molecule has 3 aromatic rings. The summed E-state index contributed by atoms with van der Waals surface area (Å²) in [6.45, 7) is 2.94. The number of carbonyl (C=O) groups excluding carboxylic acids is 1. The van der Waals surface area contributed by atoms with E-state index < -0.39 is 17.7 Å². The number of piperidine rings is 1. The molecule has 3 heterocycles. The summed E-state index contributed by atoms with van der Waals surface area (Å²) in [5.41, 5.74) is 3.48. The summed E-state index contributed by atoms with van der Waals surface area (Å²) in [6, 6.07) is 5.59. The van der Waals surface area contributed by atoms with Crippen LogP contribution in [0.5, 0.6) is 5.75 Å². The second kappa shape index (κ2) is 7.51. The van der Waals surface area contributed by atoms with E-state index >= 15 is 0 Å². The molecule has 1 unspecified atom stereocenters. The Morgan fingerprint density at radius 1 is 1.19 bits per heavy atom. The highest BCUT2D eigenvalue weighted by Crippen LogP contribution is 2.39. The maximum absolute atomic E-state index is 14.7. The molecule has 8 heteroatoms. The maximum atomic E-state index is 14.7. The van der Waals surface area contributed by atoms with Crippen LogP contribution in [0.1, 0.15) is 43.1 Å². The summed E-state index contributed by atoms with van der Waals surface area (Å²) in [5.74, 6) is -0.139. The van der Waals surface area contributed by atoms with Gasteiger partial charge in [0.15, 0.2) is 0 Å². The van der Waals surface area contributed by atoms with Crippen LogP contribution < -0.4 is 15.0 Å². The molecule has 31 heavy (non-hydrogen) atoms. The summed E-state index contributed by atoms with van der Waals surface area (Å²) >= 11 is 0. The van der Waals surface area contributed by atoms with Gasteiger partial charge in [0.1, 0.15) is 28.7 Å². The van der Waals surface area contributed by atoms with E-state index in [1.54, 1.807) is 0 Å². The van der Waals surface area contributed by atoms with Crippen LogP contribution in [0, 0.1) is 18.6 Å². The first-order valence-electron chi connectivity index (χ1n) is 10.6. The van der Waals surface area contributed by atoms with Gasteiger partial charge in [-0.3, -0.25) is 4.79 Å². The molecule has 1 amide bonds. The number of aromatic nitrogens is 2. The average molecular weight is 426 g/mol. The Hall–Kier alpha value is -3.16. The van der Waals surface area contributed by atoms with Crippen LogP contribution in [-0.4, -0.2) is 28.6 Å². The molecule has 2 aliphatic rings. The van der Waals surface area contributed by atoms with Crippen LogP contribution in [0.25, 0.3) is 11.0 Å². The van der Waals surface area contributed by atoms with E-state index in [4.69, 9.17) is 4.74 Å². The summed E-state index contributed by atoms with van der Waals surface area (Å²) < 4.78 is 35.8. The number of rotatable bonds is 3. The minimum absolute atomic E-state index is 0.105. The zero-order valence-electron chi connectivity index (χ0n) is 17.5. The number of ether oxygens (including phenoxy) is 1. The summed E-state index contributed by atoms with van der Waals surface area (Å²) in [5, 5.41) is 3.42. The molecule has 6 nitrogen and oxygen atoms in total. The first-order valence-corrected chi connectivity index (χ1v) is 10.6. The van der Waals surface area contributed by atoms with E-state index in [0.29, 0.717) is 31.6 Å². The third kappa shape index (κ3) is 3.40. The van der Waals surface area contributed by atoms with Gasteiger partial charge in [-0.15, -0.1) is 0 Å². The van der Waals surface area contributed by atoms with Crippen molar-refractivity contribution in [2.75, 3.05) is 23.4 Å². The molecule has 1 aromatic heterocycles. The SMILES string of the molecule is Cc1nc2c(NC3CCOc4cc(F)cc(F)c43)cc(N3CCCCC3=O)cc2n1C. The third-order valence-electron chi connectivity index (χ3n) is 6.23. The van der Waals surface area contributed by atoms with Gasteiger partial charge in [-0.1, -0.05) is 0 Å². The zero-order valence-corrected chi connectivity index (χ0v) is 17.5. The van der Waals surface area contributed by atoms with Crippen LogP contribution >= 0.6 is 0 Å². The Labute approximate surface area is 178 Å². The van der Waals surface area contributed by atoms with Crippen molar-refractivity contribution in [1.82, 2.24) is 9.55 Å². The number of fused-ring (bicyclic) bond motifs is 2. The number of nitrogens with zero attached hydrogens (tertiary/aromatic N) is 3. The smallest absolute Gasteiger partial charge is 0.226 e. The lowest BCUT2D eigenvalue weighted by Crippen LogP contribution is -2.35. The van der Waals surface area contributed by atoms with E-state index in [1.807, 2.05) is 35.6 Å². The van der Waals surface area contributed by atoms with Crippen molar-refractivity contribution in [2.24, 2.45) is 7.05 Å². The second-order valence-corrected chi connectivity index (χ2v) is 8.22. The summed E-state index contributed by atoms with van der Waals surface area (Å²) in [4.78, 5) is 19.0. The van der Waals surface area contributed by atoms with Crippen LogP contribution in [-0.2, 0) is 11.8 Å². The topological polar surface area (TPSA) is 59.4 Å². The van der Waals surface area contributed by atoms with Gasteiger partial charge in [0, 0.05) is 44.3 Å². The molecular weight excluding hydrogens is 402 g/mol. The van der Waals surface area contributed by atoms with E-state index in [2.05, 4.69) is 10.3 Å². The number of hydrogen-bond donors (Lipinski definition) is 1. The molecule has 5 rings (SSSR count). The molecule has 0 aliphatic carbocycles. The zero-order chi connectivity index (χ0) is 21.7. The van der Waals surface area contributed by atoms with Crippen molar-refractivity contribution >= 4 is 28.3 Å². The van der Waals surface area contributed by atoms with Gasteiger partial charge in [-0.2, -0.15) is 0 Å². The highest BCUT2D eigenvalue weighted by Gasteiger charge is 2.28. The van der Waals surface area contributed by atoms with Gasteiger partial charge in [0.05, 0.1) is 29.4 Å². The molecule has 162 valence electrons. The van der Waals surface area contributed by atoms with Gasteiger partial charge >= 0.3 is 0 Å². The fourth-order valence-electron chi connectivity index (χ4n) is 4.52. The van der Waals surface area contributed by atoms with Crippen molar-refractivity contribution in [3.8, 4) is 5.75 Å². The van der Waals surface area contributed by atoms with Crippen LogP contribution in [0.15, 0.2) is 24.3 Å². The largest absolute Gasteiger partial charge is 0.493 e. The lowest BCUT2D eigenvalue weighted by atomic mass is 9.99. The first-order chi connectivity index (χ1) is 14.9. The number of hydrogen-bond acceptors (Lipinski definition) is 4. The lowest BCUT2D eigenvalue weighted by molar-refractivity contribution is -0.119. The number of nitrogens with one attached hydrogen (secondary N) is 1. The Morgan fingerprint density at radius 2 is 2.03 bits per heavy atom. The van der Waals surface area contributed by atoms with Gasteiger partial charge in [-0.25, -0.2) is 13.8 Å². The third-order valence-corrected chi connectivity index (χ3v) is 6.23. The minimum atomic E-state index is -0.662. The first kappa shape index (κ1) is 19.8. The van der Waals surface area contributed by atoms with Crippen molar-refractivity contribution in [2.45, 2.75) is 38.6 Å². The molecule has 2 aliphatic heterocycles. The fourth-order valence-corrected chi connectivity index (χ4v) is 4.52. The molecule has 0 radical (unpaired) electrons. The highest BCUT2D eigenvalue weighted by molar-refractivity contribution is 5.99. The van der Waals surface area contributed by atoms with E-state index in [-0.39, 0.29) is 11.7 Å². The van der Waals surface area contributed by atoms with E-state index in [9.17, 15) is 13.6 Å². The summed E-state index contributed by atoms with van der Waals surface area (Å²) in [6.07, 6.45) is 2.92. The van der Waals surface area contributed by atoms with Gasteiger partial charge < -0.3 is 19.5 Å². The molecule has 0 spiro atoms. The fraction of sp³-hybridized carbons (Fsp3) is 0.391. The number of benzene rings is 2. The van der Waals surface area contributed by atoms with Crippen LogP contribution in [0.4, 0.5) is 20.2 Å². The molecule has 0 saturated carbocycles. The maximum Gasteiger partial charge on any atom is 0.226 e. The second-order valence-electron chi connectivity index (χ2n) is 8.22. The molecule has 1 N–H and O–H groups in total. The Kier molecular flexibility index (Phi) is 4.79. The number of amides is 1. The van der Waals surface area contributed by atoms with Crippen LogP contribution in [0.2, 0.25) is 0 Å². The predicted octanol–water partition coefficient (Wildman–Crippen LogP) is 4.61. The molecule has 1 saturated heterocycles. The van der Waals surface area contributed by atoms with Crippen molar-refractivity contribution in [3.05, 3.63) is 47.3 Å². The van der Waals surface area contributed by atoms with Gasteiger partial charge in [0.2, 0.25) is 5.91 Å². The molecule has 2 aromatic carbocycles. The Bertz CT molecular complexity index is 1190. The standard InChI is InChI=1S/C23H24F2N4O2/c1-13-26-23-18(27-17-6-8-31-20-10-14(24)9-16(25)22(17)20)11-15(12-19(23)28(13)2)29-7-4-3-5-21(29)30/h9-12,17,27H,3-8H2,1-2H3. The quantitative estimate of drug-likeness (QED) is 0.664. The minimum Gasteiger partial charge on any atom is -0.493 e. The summed E-state index contributed by atoms with van der Waals surface area (Å²) in [7, 11) is 1.93. The molecular formula is C23H24F2N4O2. The van der Waals surface area contributed by atoms with E-state index in [1.165, 1.54) is 6.07 Å². The average Bonchev–Trinajstić information content (AvgIpc) is 3.02. The Morgan fingerprint density at radius 3 is 2.84 bits per heavy atom. The van der Waals surface area contributed by atoms with Gasteiger partial charge in [-0.05, 0) is 31.9 Å². The van der Waals surface area contributed by atoms with Crippen molar-refractivity contribution < 1.29 is 18.3 Å².